The Morgan fingerprint density at radius 1 is 1.75 bits per heavy atom. The van der Waals surface area contributed by atoms with Crippen LogP contribution in [0.25, 0.3) is 0 Å². The maximum Gasteiger partial charge on any atom is 0.115 e. The number of phenolic OH excluding ortho intramolecular Hbond substituents is 1. The predicted octanol–water partition coefficient (Wildman–Crippen LogP) is 1.70. The maximum absolute atomic E-state index is 9.23. The zero-order valence-corrected chi connectivity index (χ0v) is 3.95. The lowest BCUT2D eigenvalue weighted by atomic mass is 10.2. The molecule has 0 aliphatic rings. The van der Waals surface area contributed by atoms with Gasteiger partial charge < -0.3 is 5.11 Å². The molecule has 1 rings (SSSR count). The van der Waals surface area contributed by atoms with Crippen molar-refractivity contribution in [1.29, 1.82) is 0 Å². The van der Waals surface area contributed by atoms with Gasteiger partial charge >= 0.3 is 0 Å². The van der Waals surface area contributed by atoms with Crippen LogP contribution in [-0.4, -0.2) is 5.11 Å². The molecule has 42 valence electrons. The van der Waals surface area contributed by atoms with E-state index in [0.717, 1.165) is 0 Å². The molecule has 0 saturated carbocycles. The highest BCUT2D eigenvalue weighted by Crippen LogP contribution is 2.08. The van der Waals surface area contributed by atoms with Gasteiger partial charge in [-0.2, -0.15) is 0 Å². The lowest BCUT2D eigenvalue weighted by molar-refractivity contribution is 0.475. The minimum Gasteiger partial charge on any atom is -0.508 e. The van der Waals surface area contributed by atoms with Gasteiger partial charge in [0.1, 0.15) is 5.75 Å². The fraction of sp³-hybridized carbons (Fsp3) is 0.143. The first-order chi connectivity index (χ1) is 6.68. The Morgan fingerprint density at radius 2 is 2.62 bits per heavy atom. The molecule has 0 aromatic heterocycles. The fourth-order valence-electron chi connectivity index (χ4n) is 0.334. The van der Waals surface area contributed by atoms with E-state index in [4.69, 9.17) is 9.60 Å². The largest absolute Gasteiger partial charge is 0.508 e. The van der Waals surface area contributed by atoms with E-state index in [1.807, 2.05) is 0 Å². The van der Waals surface area contributed by atoms with Crippen LogP contribution in [-0.2, 0) is 0 Å². The average molecular weight is 115 g/mol. The summed E-state index contributed by atoms with van der Waals surface area (Å²) in [5.74, 6) is -0.873. The van der Waals surface area contributed by atoms with E-state index in [1.165, 1.54) is 0 Å². The van der Waals surface area contributed by atoms with Crippen LogP contribution in [0.2, 0.25) is 0 Å². The second-order valence-electron chi connectivity index (χ2n) is 1.22. The fourth-order valence-corrected chi connectivity index (χ4v) is 0.334. The molecule has 0 heterocycles. The van der Waals surface area contributed by atoms with E-state index in [9.17, 15) is 5.11 Å². The van der Waals surface area contributed by atoms with Crippen LogP contribution in [0.1, 0.15) is 15.2 Å². The number of aromatic hydroxyl groups is 1. The quantitative estimate of drug-likeness (QED) is 0.545. The molecule has 1 aromatic carbocycles. The molecule has 0 aliphatic carbocycles. The van der Waals surface area contributed by atoms with E-state index in [2.05, 4.69) is 0 Å². The van der Waals surface area contributed by atoms with E-state index in [-0.39, 0.29) is 0 Å². The van der Waals surface area contributed by atoms with E-state index in [0.29, 0.717) is 0 Å². The normalized spacial score (nSPS) is 23.2. The minimum atomic E-state index is -2.74. The van der Waals surface area contributed by atoms with Crippen molar-refractivity contribution >= 4 is 0 Å². The summed E-state index contributed by atoms with van der Waals surface area (Å²) in [6.45, 7) is -2.74. The second-order valence-corrected chi connectivity index (χ2v) is 1.22. The molecule has 0 bridgehead atoms. The standard InChI is InChI=1S/C7H8O/c1-6-3-2-4-7(8)5-6/h2-5,8H,1H3/i1D3,2D,3D,4D,5D. The smallest absolute Gasteiger partial charge is 0.115 e. The third-order valence-electron chi connectivity index (χ3n) is 0.612. The first kappa shape index (κ1) is 1.29. The van der Waals surface area contributed by atoms with Crippen molar-refractivity contribution in [3.05, 3.63) is 29.7 Å². The molecule has 0 fully saturated rings. The Kier molecular flexibility index (Phi) is 0.302. The van der Waals surface area contributed by atoms with Crippen molar-refractivity contribution in [2.75, 3.05) is 0 Å². The number of benzene rings is 1. The lowest BCUT2D eigenvalue weighted by Crippen LogP contribution is -1.66. The van der Waals surface area contributed by atoms with Gasteiger partial charge in [0, 0.05) is 4.11 Å². The summed E-state index contributed by atoms with van der Waals surface area (Å²) in [5.41, 5.74) is -0.694. The third kappa shape index (κ3) is 0.997. The molecule has 0 aliphatic heterocycles. The van der Waals surface area contributed by atoms with E-state index < -0.39 is 42.3 Å². The number of phenols is 1. The number of rotatable bonds is 0. The van der Waals surface area contributed by atoms with Crippen LogP contribution in [0.15, 0.2) is 24.2 Å². The van der Waals surface area contributed by atoms with Crippen LogP contribution >= 0.6 is 0 Å². The molecular formula is C7H8O. The molecule has 0 amide bonds. The Bertz CT molecular complexity index is 380. The minimum absolute atomic E-state index is 0.686. The predicted molar refractivity (Wildman–Crippen MR) is 32.8 cm³/mol. The van der Waals surface area contributed by atoms with Crippen LogP contribution in [0.3, 0.4) is 0 Å². The van der Waals surface area contributed by atoms with Gasteiger partial charge in [-0.05, 0) is 24.5 Å². The van der Waals surface area contributed by atoms with Gasteiger partial charge in [0.2, 0.25) is 0 Å². The van der Waals surface area contributed by atoms with Crippen LogP contribution in [0.5, 0.6) is 5.75 Å². The summed E-state index contributed by atoms with van der Waals surface area (Å²) in [6.07, 6.45) is 0. The van der Waals surface area contributed by atoms with Gasteiger partial charge in [-0.3, -0.25) is 0 Å². The molecule has 1 heteroatoms. The molecule has 1 nitrogen and oxygen atoms in total. The summed E-state index contributed by atoms with van der Waals surface area (Å²) in [7, 11) is 0. The van der Waals surface area contributed by atoms with E-state index >= 15 is 0 Å². The highest BCUT2D eigenvalue weighted by Gasteiger charge is 1.83. The van der Waals surface area contributed by atoms with Gasteiger partial charge in [0.05, 0.1) is 5.48 Å². The molecule has 1 N–H and O–H groups in total. The Labute approximate surface area is 58.4 Å². The molecule has 0 atom stereocenters. The van der Waals surface area contributed by atoms with Crippen molar-refractivity contribution in [2.45, 2.75) is 6.85 Å². The SMILES string of the molecule is [2H]c1c([2H])c(O)c([2H])c(C([2H])([2H])[2H])c1[2H]. The van der Waals surface area contributed by atoms with Crippen molar-refractivity contribution in [1.82, 2.24) is 0 Å². The zero-order valence-electron chi connectivity index (χ0n) is 10.9. The van der Waals surface area contributed by atoms with Gasteiger partial charge in [0.25, 0.3) is 0 Å². The number of hydrogen-bond donors (Lipinski definition) is 1. The topological polar surface area (TPSA) is 20.2 Å². The highest BCUT2D eigenvalue weighted by atomic mass is 16.3. The Morgan fingerprint density at radius 3 is 3.38 bits per heavy atom. The van der Waals surface area contributed by atoms with Crippen LogP contribution in [0.4, 0.5) is 0 Å². The average Bonchev–Trinajstić information content (AvgIpc) is 2.09. The number of hydrogen-bond acceptors (Lipinski definition) is 1. The van der Waals surface area contributed by atoms with Crippen LogP contribution in [0, 0.1) is 6.85 Å². The van der Waals surface area contributed by atoms with Gasteiger partial charge in [-0.1, -0.05) is 12.1 Å². The monoisotopic (exact) mass is 115 g/mol. The van der Waals surface area contributed by atoms with Gasteiger partial charge in [-0.15, -0.1) is 0 Å². The highest BCUT2D eigenvalue weighted by molar-refractivity contribution is 5.25. The van der Waals surface area contributed by atoms with E-state index in [1.54, 1.807) is 0 Å². The Hall–Kier alpha value is -0.980. The second kappa shape index (κ2) is 1.86. The maximum atomic E-state index is 9.23. The summed E-state index contributed by atoms with van der Waals surface area (Å²) in [4.78, 5) is 0. The zero-order chi connectivity index (χ0) is 12.0. The molecule has 0 unspecified atom stereocenters. The molecule has 0 saturated heterocycles. The van der Waals surface area contributed by atoms with Gasteiger partial charge in [0.15, 0.2) is 0 Å². The van der Waals surface area contributed by atoms with Crippen molar-refractivity contribution in [3.63, 3.8) is 0 Å². The molecule has 1 aromatic rings. The third-order valence-corrected chi connectivity index (χ3v) is 0.612. The van der Waals surface area contributed by atoms with Crippen molar-refractivity contribution in [2.24, 2.45) is 0 Å². The summed E-state index contributed by atoms with van der Waals surface area (Å²) in [6, 6.07) is -2.86. The Balaban J connectivity index is 3.68. The van der Waals surface area contributed by atoms with Crippen LogP contribution < -0.4 is 0 Å². The summed E-state index contributed by atoms with van der Waals surface area (Å²) in [5, 5.41) is 9.23. The molecular weight excluding hydrogens is 100 g/mol. The summed E-state index contributed by atoms with van der Waals surface area (Å²) >= 11 is 0. The molecule has 8 heavy (non-hydrogen) atoms. The van der Waals surface area contributed by atoms with Crippen molar-refractivity contribution < 1.29 is 14.7 Å². The first-order valence-corrected chi connectivity index (χ1v) is 1.97. The van der Waals surface area contributed by atoms with Gasteiger partial charge in [-0.25, -0.2) is 0 Å². The summed E-state index contributed by atoms with van der Waals surface area (Å²) < 4.78 is 50.2. The first-order valence-electron chi connectivity index (χ1n) is 5.47. The molecule has 0 spiro atoms. The lowest BCUT2D eigenvalue weighted by Gasteiger charge is -1.89. The van der Waals surface area contributed by atoms with Crippen molar-refractivity contribution in [3.8, 4) is 5.75 Å². The molecule has 0 radical (unpaired) electrons.